The highest BCUT2D eigenvalue weighted by Gasteiger charge is 2.44. The molecule has 2 heteroatoms. The maximum absolute atomic E-state index is 5.71. The zero-order valence-corrected chi connectivity index (χ0v) is 7.54. The molecule has 0 bridgehead atoms. The van der Waals surface area contributed by atoms with Crippen molar-refractivity contribution in [3.63, 3.8) is 0 Å². The van der Waals surface area contributed by atoms with Crippen molar-refractivity contribution in [1.82, 2.24) is 0 Å². The van der Waals surface area contributed by atoms with Gasteiger partial charge in [-0.25, -0.2) is 0 Å². The van der Waals surface area contributed by atoms with Gasteiger partial charge in [-0.2, -0.15) is 0 Å². The molecule has 1 aliphatic carbocycles. The molecule has 0 saturated carbocycles. The molecule has 12 heavy (non-hydrogen) atoms. The van der Waals surface area contributed by atoms with Crippen molar-refractivity contribution in [3.8, 4) is 0 Å². The Hall–Kier alpha value is -0.600. The van der Waals surface area contributed by atoms with Crippen molar-refractivity contribution >= 4 is 0 Å². The first-order valence-electron chi connectivity index (χ1n) is 4.30. The number of fused-ring (bicyclic) bond motifs is 1. The quantitative estimate of drug-likeness (QED) is 0.593. The van der Waals surface area contributed by atoms with Gasteiger partial charge >= 0.3 is 0 Å². The topological polar surface area (TPSA) is 18.5 Å². The maximum Gasteiger partial charge on any atom is 0.164 e. The predicted molar refractivity (Wildman–Crippen MR) is 46.7 cm³/mol. The number of rotatable bonds is 1. The first kappa shape index (κ1) is 8.02. The molecule has 0 N–H and O–H groups in total. The van der Waals surface area contributed by atoms with Crippen molar-refractivity contribution in [2.45, 2.75) is 38.3 Å². The van der Waals surface area contributed by atoms with Gasteiger partial charge in [0.05, 0.1) is 6.10 Å². The van der Waals surface area contributed by atoms with Crippen LogP contribution in [0.1, 0.15) is 20.3 Å². The Bertz CT molecular complexity index is 240. The standard InChI is InChI=1S/C10H14O2/c1-4-7-5-6-8-9(7)12-10(2,3)11-8/h4-5,8-9H,1,6H2,2-3H3/t8-,9+/m0/s1. The van der Waals surface area contributed by atoms with Gasteiger partial charge in [-0.05, 0) is 25.8 Å². The van der Waals surface area contributed by atoms with E-state index < -0.39 is 5.79 Å². The summed E-state index contributed by atoms with van der Waals surface area (Å²) in [5.74, 6) is -0.419. The lowest BCUT2D eigenvalue weighted by Gasteiger charge is -2.17. The number of hydrogen-bond acceptors (Lipinski definition) is 2. The molecule has 1 aliphatic heterocycles. The summed E-state index contributed by atoms with van der Waals surface area (Å²) >= 11 is 0. The van der Waals surface area contributed by atoms with Crippen molar-refractivity contribution in [1.29, 1.82) is 0 Å². The van der Waals surface area contributed by atoms with Crippen LogP contribution in [-0.2, 0) is 9.47 Å². The molecule has 0 aromatic heterocycles. The largest absolute Gasteiger partial charge is 0.344 e. The van der Waals surface area contributed by atoms with Crippen LogP contribution >= 0.6 is 0 Å². The minimum Gasteiger partial charge on any atom is -0.344 e. The molecule has 0 aromatic rings. The van der Waals surface area contributed by atoms with Crippen LogP contribution in [0.3, 0.4) is 0 Å². The normalized spacial score (nSPS) is 37.7. The third-order valence-corrected chi connectivity index (χ3v) is 2.33. The lowest BCUT2D eigenvalue weighted by molar-refractivity contribution is -0.144. The maximum atomic E-state index is 5.71. The van der Waals surface area contributed by atoms with E-state index in [1.807, 2.05) is 19.9 Å². The molecule has 1 heterocycles. The molecular formula is C10H14O2. The Morgan fingerprint density at radius 2 is 2.33 bits per heavy atom. The molecular weight excluding hydrogens is 152 g/mol. The van der Waals surface area contributed by atoms with Crippen LogP contribution in [0.15, 0.2) is 24.3 Å². The van der Waals surface area contributed by atoms with Crippen LogP contribution in [0.2, 0.25) is 0 Å². The van der Waals surface area contributed by atoms with Gasteiger partial charge < -0.3 is 9.47 Å². The summed E-state index contributed by atoms with van der Waals surface area (Å²) in [5, 5.41) is 0. The van der Waals surface area contributed by atoms with Gasteiger partial charge in [0.1, 0.15) is 6.10 Å². The summed E-state index contributed by atoms with van der Waals surface area (Å²) < 4.78 is 11.4. The average Bonchev–Trinajstić information content (AvgIpc) is 2.42. The summed E-state index contributed by atoms with van der Waals surface area (Å²) in [5.41, 5.74) is 1.17. The average molecular weight is 166 g/mol. The molecule has 2 nitrogen and oxygen atoms in total. The zero-order valence-electron chi connectivity index (χ0n) is 7.54. The van der Waals surface area contributed by atoms with Gasteiger partial charge in [0, 0.05) is 0 Å². The molecule has 1 fully saturated rings. The second kappa shape index (κ2) is 2.44. The summed E-state index contributed by atoms with van der Waals surface area (Å²) in [7, 11) is 0. The van der Waals surface area contributed by atoms with Gasteiger partial charge in [-0.15, -0.1) is 0 Å². The van der Waals surface area contributed by atoms with E-state index in [9.17, 15) is 0 Å². The molecule has 2 aliphatic rings. The molecule has 0 amide bonds. The summed E-state index contributed by atoms with van der Waals surface area (Å²) in [4.78, 5) is 0. The van der Waals surface area contributed by atoms with E-state index in [1.165, 1.54) is 5.57 Å². The van der Waals surface area contributed by atoms with Gasteiger partial charge in [0.25, 0.3) is 0 Å². The fourth-order valence-corrected chi connectivity index (χ4v) is 1.86. The smallest absolute Gasteiger partial charge is 0.164 e. The molecule has 0 aromatic carbocycles. The Kier molecular flexibility index (Phi) is 1.63. The Balaban J connectivity index is 2.17. The fourth-order valence-electron chi connectivity index (χ4n) is 1.86. The Labute approximate surface area is 72.9 Å². The summed E-state index contributed by atoms with van der Waals surface area (Å²) in [6.07, 6.45) is 5.29. The molecule has 1 saturated heterocycles. The fraction of sp³-hybridized carbons (Fsp3) is 0.600. The first-order valence-corrected chi connectivity index (χ1v) is 4.30. The van der Waals surface area contributed by atoms with E-state index in [0.717, 1.165) is 6.42 Å². The molecule has 66 valence electrons. The molecule has 2 atom stereocenters. The highest BCUT2D eigenvalue weighted by Crippen LogP contribution is 2.38. The van der Waals surface area contributed by atoms with Crippen molar-refractivity contribution < 1.29 is 9.47 Å². The lowest BCUT2D eigenvalue weighted by Crippen LogP contribution is -2.21. The second-order valence-corrected chi connectivity index (χ2v) is 3.74. The third kappa shape index (κ3) is 1.11. The third-order valence-electron chi connectivity index (χ3n) is 2.33. The van der Waals surface area contributed by atoms with Gasteiger partial charge in [0.2, 0.25) is 0 Å². The zero-order chi connectivity index (χ0) is 8.77. The van der Waals surface area contributed by atoms with Crippen molar-refractivity contribution in [3.05, 3.63) is 24.3 Å². The Morgan fingerprint density at radius 3 is 3.00 bits per heavy atom. The van der Waals surface area contributed by atoms with Crippen LogP contribution in [0.5, 0.6) is 0 Å². The second-order valence-electron chi connectivity index (χ2n) is 3.74. The number of ether oxygens (including phenoxy) is 2. The van der Waals surface area contributed by atoms with E-state index >= 15 is 0 Å². The Morgan fingerprint density at radius 1 is 1.58 bits per heavy atom. The van der Waals surface area contributed by atoms with Crippen molar-refractivity contribution in [2.24, 2.45) is 0 Å². The van der Waals surface area contributed by atoms with Gasteiger partial charge in [0.15, 0.2) is 5.79 Å². The molecule has 0 spiro atoms. The minimum atomic E-state index is -0.419. The SMILES string of the molecule is C=CC1=CC[C@@H]2OC(C)(C)O[C@H]12. The van der Waals surface area contributed by atoms with Crippen LogP contribution in [0, 0.1) is 0 Å². The number of hydrogen-bond donors (Lipinski definition) is 0. The molecule has 0 unspecified atom stereocenters. The van der Waals surface area contributed by atoms with E-state index in [4.69, 9.17) is 9.47 Å². The monoisotopic (exact) mass is 166 g/mol. The van der Waals surface area contributed by atoms with Crippen LogP contribution in [-0.4, -0.2) is 18.0 Å². The van der Waals surface area contributed by atoms with Gasteiger partial charge in [-0.3, -0.25) is 0 Å². The van der Waals surface area contributed by atoms with Crippen molar-refractivity contribution in [2.75, 3.05) is 0 Å². The van der Waals surface area contributed by atoms with Crippen LogP contribution in [0.4, 0.5) is 0 Å². The summed E-state index contributed by atoms with van der Waals surface area (Å²) in [6, 6.07) is 0. The predicted octanol–water partition coefficient (Wildman–Crippen LogP) is 2.02. The van der Waals surface area contributed by atoms with Gasteiger partial charge in [-0.1, -0.05) is 18.7 Å². The minimum absolute atomic E-state index is 0.123. The van der Waals surface area contributed by atoms with E-state index in [0.29, 0.717) is 0 Å². The summed E-state index contributed by atoms with van der Waals surface area (Å²) in [6.45, 7) is 7.65. The first-order chi connectivity index (χ1) is 5.62. The van der Waals surface area contributed by atoms with Crippen LogP contribution < -0.4 is 0 Å². The molecule has 2 rings (SSSR count). The molecule has 0 radical (unpaired) electrons. The van der Waals surface area contributed by atoms with E-state index in [1.54, 1.807) is 0 Å². The van der Waals surface area contributed by atoms with E-state index in [2.05, 4.69) is 12.7 Å². The van der Waals surface area contributed by atoms with Crippen LogP contribution in [0.25, 0.3) is 0 Å². The lowest BCUT2D eigenvalue weighted by atomic mass is 10.1. The highest BCUT2D eigenvalue weighted by atomic mass is 16.8. The van der Waals surface area contributed by atoms with E-state index in [-0.39, 0.29) is 12.2 Å². The highest BCUT2D eigenvalue weighted by molar-refractivity contribution is 5.29.